The molecule has 1 fully saturated rings. The molecule has 1 saturated heterocycles. The first-order valence-electron chi connectivity index (χ1n) is 9.93. The van der Waals surface area contributed by atoms with Crippen LogP contribution in [0.4, 0.5) is 11.4 Å². The van der Waals surface area contributed by atoms with Gasteiger partial charge in [0.15, 0.2) is 0 Å². The van der Waals surface area contributed by atoms with E-state index in [1.807, 2.05) is 43.3 Å². The molecule has 0 saturated carbocycles. The number of carbonyl (C=O) groups excluding carboxylic acids is 2. The third-order valence-corrected chi connectivity index (χ3v) is 5.26. The molecule has 1 aliphatic heterocycles. The fraction of sp³-hybridized carbons (Fsp3) is 0.391. The summed E-state index contributed by atoms with van der Waals surface area (Å²) >= 11 is 0. The minimum Gasteiger partial charge on any atom is -0.368 e. The molecule has 5 heteroatoms. The van der Waals surface area contributed by atoms with Crippen molar-refractivity contribution in [2.75, 3.05) is 36.4 Å². The van der Waals surface area contributed by atoms with E-state index in [1.165, 1.54) is 5.69 Å². The third-order valence-electron chi connectivity index (χ3n) is 5.26. The van der Waals surface area contributed by atoms with Gasteiger partial charge in [0.2, 0.25) is 11.8 Å². The van der Waals surface area contributed by atoms with Gasteiger partial charge in [0, 0.05) is 37.6 Å². The Hall–Kier alpha value is -2.82. The first-order valence-corrected chi connectivity index (χ1v) is 9.93. The van der Waals surface area contributed by atoms with Gasteiger partial charge in [0.05, 0.1) is 0 Å². The predicted molar refractivity (Wildman–Crippen MR) is 114 cm³/mol. The van der Waals surface area contributed by atoms with Crippen LogP contribution in [0, 0.1) is 6.92 Å². The predicted octanol–water partition coefficient (Wildman–Crippen LogP) is 3.80. The molecule has 0 aliphatic carbocycles. The summed E-state index contributed by atoms with van der Waals surface area (Å²) < 4.78 is 0. The summed E-state index contributed by atoms with van der Waals surface area (Å²) in [5, 5.41) is 2.97. The smallest absolute Gasteiger partial charge is 0.233 e. The summed E-state index contributed by atoms with van der Waals surface area (Å²) in [7, 11) is 0. The van der Waals surface area contributed by atoms with Crippen molar-refractivity contribution in [2.24, 2.45) is 0 Å². The fourth-order valence-corrected chi connectivity index (χ4v) is 3.63. The summed E-state index contributed by atoms with van der Waals surface area (Å²) in [4.78, 5) is 29.2. The minimum atomic E-state index is -0.244. The quantitative estimate of drug-likeness (QED) is 0.804. The lowest BCUT2D eigenvalue weighted by atomic mass is 9.98. The summed E-state index contributed by atoms with van der Waals surface area (Å²) in [6, 6.07) is 16.2. The van der Waals surface area contributed by atoms with Crippen molar-refractivity contribution in [2.45, 2.75) is 33.1 Å². The van der Waals surface area contributed by atoms with E-state index < -0.39 is 0 Å². The lowest BCUT2D eigenvalue weighted by Gasteiger charge is -2.36. The number of amides is 2. The van der Waals surface area contributed by atoms with E-state index in [-0.39, 0.29) is 18.2 Å². The zero-order valence-electron chi connectivity index (χ0n) is 16.9. The van der Waals surface area contributed by atoms with E-state index in [0.717, 1.165) is 29.9 Å². The summed E-state index contributed by atoms with van der Waals surface area (Å²) in [5.74, 6) is -0.0476. The Morgan fingerprint density at radius 1 is 0.964 bits per heavy atom. The van der Waals surface area contributed by atoms with E-state index in [1.54, 1.807) is 4.90 Å². The molecule has 0 unspecified atom stereocenters. The highest BCUT2D eigenvalue weighted by Gasteiger charge is 2.23. The second-order valence-corrected chi connectivity index (χ2v) is 7.62. The van der Waals surface area contributed by atoms with Crippen molar-refractivity contribution in [3.05, 3.63) is 59.7 Å². The number of hydrogen-bond acceptors (Lipinski definition) is 3. The molecule has 3 rings (SSSR count). The second kappa shape index (κ2) is 8.91. The first-order chi connectivity index (χ1) is 13.5. The highest BCUT2D eigenvalue weighted by atomic mass is 16.2. The Balaban J connectivity index is 1.55. The van der Waals surface area contributed by atoms with Gasteiger partial charge in [0.1, 0.15) is 6.42 Å². The second-order valence-electron chi connectivity index (χ2n) is 7.62. The van der Waals surface area contributed by atoms with Gasteiger partial charge in [0.25, 0.3) is 0 Å². The molecule has 1 N–H and O–H groups in total. The molecule has 28 heavy (non-hydrogen) atoms. The summed E-state index contributed by atoms with van der Waals surface area (Å²) in [6.45, 7) is 9.03. The van der Waals surface area contributed by atoms with Crippen LogP contribution in [0.25, 0.3) is 0 Å². The Kier molecular flexibility index (Phi) is 6.34. The van der Waals surface area contributed by atoms with Crippen LogP contribution in [0.2, 0.25) is 0 Å². The number of para-hydroxylation sites is 2. The lowest BCUT2D eigenvalue weighted by molar-refractivity contribution is -0.134. The maximum absolute atomic E-state index is 12.6. The maximum atomic E-state index is 12.6. The largest absolute Gasteiger partial charge is 0.368 e. The van der Waals surface area contributed by atoms with Gasteiger partial charge < -0.3 is 15.1 Å². The lowest BCUT2D eigenvalue weighted by Crippen LogP contribution is -2.49. The van der Waals surface area contributed by atoms with Crippen LogP contribution in [0.15, 0.2) is 48.5 Å². The third kappa shape index (κ3) is 4.71. The van der Waals surface area contributed by atoms with Crippen molar-refractivity contribution in [1.29, 1.82) is 0 Å². The van der Waals surface area contributed by atoms with Crippen LogP contribution < -0.4 is 10.2 Å². The number of aryl methyl sites for hydroxylation is 1. The average Bonchev–Trinajstić information content (AvgIpc) is 2.70. The topological polar surface area (TPSA) is 52.7 Å². The Labute approximate surface area is 167 Å². The molecule has 0 spiro atoms. The SMILES string of the molecule is Cc1cccc(C(C)C)c1NC(=O)CC(=O)N1CCN(c2ccccc2)CC1. The highest BCUT2D eigenvalue weighted by molar-refractivity contribution is 6.04. The molecule has 1 heterocycles. The minimum absolute atomic E-state index is 0.107. The van der Waals surface area contributed by atoms with Crippen molar-refractivity contribution < 1.29 is 9.59 Å². The molecule has 5 nitrogen and oxygen atoms in total. The molecule has 0 atom stereocenters. The van der Waals surface area contributed by atoms with Crippen LogP contribution >= 0.6 is 0 Å². The van der Waals surface area contributed by atoms with Crippen molar-refractivity contribution >= 4 is 23.2 Å². The maximum Gasteiger partial charge on any atom is 0.233 e. The Morgan fingerprint density at radius 3 is 2.29 bits per heavy atom. The molecule has 1 aliphatic rings. The van der Waals surface area contributed by atoms with Gasteiger partial charge in [-0.25, -0.2) is 0 Å². The van der Waals surface area contributed by atoms with Gasteiger partial charge in [-0.3, -0.25) is 9.59 Å². The molecule has 148 valence electrons. The van der Waals surface area contributed by atoms with Crippen LogP contribution in [-0.2, 0) is 9.59 Å². The first kappa shape index (κ1) is 19.9. The van der Waals surface area contributed by atoms with Crippen LogP contribution in [0.1, 0.15) is 37.3 Å². The van der Waals surface area contributed by atoms with Gasteiger partial charge >= 0.3 is 0 Å². The van der Waals surface area contributed by atoms with E-state index >= 15 is 0 Å². The van der Waals surface area contributed by atoms with Crippen LogP contribution in [0.5, 0.6) is 0 Å². The molecule has 0 bridgehead atoms. The van der Waals surface area contributed by atoms with E-state index in [9.17, 15) is 9.59 Å². The zero-order chi connectivity index (χ0) is 20.1. The number of rotatable bonds is 5. The molecule has 2 aromatic carbocycles. The van der Waals surface area contributed by atoms with Gasteiger partial charge in [-0.15, -0.1) is 0 Å². The highest BCUT2D eigenvalue weighted by Crippen LogP contribution is 2.27. The molecule has 2 amide bonds. The Morgan fingerprint density at radius 2 is 1.64 bits per heavy atom. The number of piperazine rings is 1. The number of benzene rings is 2. The number of carbonyl (C=O) groups is 2. The molecule has 2 aromatic rings. The number of nitrogens with zero attached hydrogens (tertiary/aromatic N) is 2. The van der Waals surface area contributed by atoms with Crippen molar-refractivity contribution in [1.82, 2.24) is 4.90 Å². The molecule has 0 radical (unpaired) electrons. The van der Waals surface area contributed by atoms with Crippen molar-refractivity contribution in [3.63, 3.8) is 0 Å². The number of anilines is 2. The van der Waals surface area contributed by atoms with E-state index in [2.05, 4.69) is 36.2 Å². The molecule has 0 aromatic heterocycles. The van der Waals surface area contributed by atoms with Gasteiger partial charge in [-0.05, 0) is 36.1 Å². The summed E-state index contributed by atoms with van der Waals surface area (Å²) in [6.07, 6.45) is -0.114. The van der Waals surface area contributed by atoms with Gasteiger partial charge in [-0.2, -0.15) is 0 Å². The summed E-state index contributed by atoms with van der Waals surface area (Å²) in [5.41, 5.74) is 4.12. The molecular weight excluding hydrogens is 350 g/mol. The van der Waals surface area contributed by atoms with Crippen LogP contribution in [-0.4, -0.2) is 42.9 Å². The number of hydrogen-bond donors (Lipinski definition) is 1. The molecular formula is C23H29N3O2. The zero-order valence-corrected chi connectivity index (χ0v) is 16.9. The monoisotopic (exact) mass is 379 g/mol. The van der Waals surface area contributed by atoms with Crippen LogP contribution in [0.3, 0.4) is 0 Å². The fourth-order valence-electron chi connectivity index (χ4n) is 3.63. The van der Waals surface area contributed by atoms with Gasteiger partial charge in [-0.1, -0.05) is 50.2 Å². The number of nitrogens with one attached hydrogen (secondary N) is 1. The van der Waals surface area contributed by atoms with E-state index in [0.29, 0.717) is 19.0 Å². The Bertz CT molecular complexity index is 825. The van der Waals surface area contributed by atoms with Crippen molar-refractivity contribution in [3.8, 4) is 0 Å². The standard InChI is InChI=1S/C23H29N3O2/c1-17(2)20-11-7-8-18(3)23(20)24-21(27)16-22(28)26-14-12-25(13-15-26)19-9-5-4-6-10-19/h4-11,17H,12-16H2,1-3H3,(H,24,27). The van der Waals surface area contributed by atoms with E-state index in [4.69, 9.17) is 0 Å². The normalized spacial score (nSPS) is 14.3. The average molecular weight is 380 g/mol.